The summed E-state index contributed by atoms with van der Waals surface area (Å²) in [5.41, 5.74) is 2.39. The van der Waals surface area contributed by atoms with Gasteiger partial charge in [0.2, 0.25) is 0 Å². The monoisotopic (exact) mass is 217 g/mol. The standard InChI is InChI=1S/C14H19NO/c1-5-8-16-14-7-6-12(4)9-13(14)10-15-11(2)3/h1,6-7,9,11,15H,8,10H2,2-4H3. The van der Waals surface area contributed by atoms with Gasteiger partial charge in [-0.15, -0.1) is 6.42 Å². The highest BCUT2D eigenvalue weighted by atomic mass is 16.5. The first-order chi connectivity index (χ1) is 7.63. The van der Waals surface area contributed by atoms with Crippen LogP contribution in [-0.4, -0.2) is 12.6 Å². The van der Waals surface area contributed by atoms with E-state index in [-0.39, 0.29) is 0 Å². The average Bonchev–Trinajstić information content (AvgIpc) is 2.25. The molecule has 0 aliphatic rings. The molecule has 86 valence electrons. The average molecular weight is 217 g/mol. The molecule has 0 amide bonds. The van der Waals surface area contributed by atoms with Gasteiger partial charge in [-0.3, -0.25) is 0 Å². The molecule has 0 aliphatic heterocycles. The van der Waals surface area contributed by atoms with Crippen molar-refractivity contribution >= 4 is 0 Å². The molecular weight excluding hydrogens is 198 g/mol. The lowest BCUT2D eigenvalue weighted by Crippen LogP contribution is -2.22. The van der Waals surface area contributed by atoms with Crippen LogP contribution in [0.3, 0.4) is 0 Å². The highest BCUT2D eigenvalue weighted by molar-refractivity contribution is 5.37. The molecule has 0 aliphatic carbocycles. The number of terminal acetylenes is 1. The van der Waals surface area contributed by atoms with Crippen LogP contribution in [0.25, 0.3) is 0 Å². The van der Waals surface area contributed by atoms with Crippen molar-refractivity contribution in [1.82, 2.24) is 5.32 Å². The fourth-order valence-electron chi connectivity index (χ4n) is 1.42. The molecule has 2 heteroatoms. The number of nitrogens with one attached hydrogen (secondary N) is 1. The van der Waals surface area contributed by atoms with E-state index >= 15 is 0 Å². The smallest absolute Gasteiger partial charge is 0.148 e. The SMILES string of the molecule is C#CCOc1ccc(C)cc1CNC(C)C. The maximum absolute atomic E-state index is 5.50. The highest BCUT2D eigenvalue weighted by Crippen LogP contribution is 2.19. The van der Waals surface area contributed by atoms with Gasteiger partial charge in [0, 0.05) is 18.2 Å². The van der Waals surface area contributed by atoms with Crippen LogP contribution in [0.2, 0.25) is 0 Å². The van der Waals surface area contributed by atoms with Gasteiger partial charge < -0.3 is 10.1 Å². The van der Waals surface area contributed by atoms with E-state index in [1.54, 1.807) is 0 Å². The highest BCUT2D eigenvalue weighted by Gasteiger charge is 2.04. The molecule has 0 aromatic heterocycles. The van der Waals surface area contributed by atoms with Gasteiger partial charge in [0.05, 0.1) is 0 Å². The summed E-state index contributed by atoms with van der Waals surface area (Å²) in [7, 11) is 0. The van der Waals surface area contributed by atoms with Gasteiger partial charge in [-0.05, 0) is 13.0 Å². The van der Waals surface area contributed by atoms with E-state index in [0.29, 0.717) is 12.6 Å². The maximum atomic E-state index is 5.50. The number of hydrogen-bond donors (Lipinski definition) is 1. The summed E-state index contributed by atoms with van der Waals surface area (Å²) < 4.78 is 5.50. The first kappa shape index (κ1) is 12.6. The molecule has 0 fully saturated rings. The van der Waals surface area contributed by atoms with Crippen LogP contribution in [-0.2, 0) is 6.54 Å². The lowest BCUT2D eigenvalue weighted by atomic mass is 10.1. The van der Waals surface area contributed by atoms with Gasteiger partial charge in [0.15, 0.2) is 0 Å². The molecule has 0 heterocycles. The molecule has 0 bridgehead atoms. The normalized spacial score (nSPS) is 10.2. The van der Waals surface area contributed by atoms with Crippen LogP contribution in [0.15, 0.2) is 18.2 Å². The molecule has 1 aromatic carbocycles. The Labute approximate surface area is 98.0 Å². The quantitative estimate of drug-likeness (QED) is 0.765. The fraction of sp³-hybridized carbons (Fsp3) is 0.429. The third kappa shape index (κ3) is 3.96. The summed E-state index contributed by atoms with van der Waals surface area (Å²) in [5, 5.41) is 3.37. The predicted molar refractivity (Wildman–Crippen MR) is 67.5 cm³/mol. The van der Waals surface area contributed by atoms with Crippen LogP contribution in [0.1, 0.15) is 25.0 Å². The molecule has 1 aromatic rings. The van der Waals surface area contributed by atoms with E-state index in [1.807, 2.05) is 12.1 Å². The summed E-state index contributed by atoms with van der Waals surface area (Å²) in [6.07, 6.45) is 5.19. The Kier molecular flexibility index (Phi) is 4.88. The molecular formula is C14H19NO. The van der Waals surface area contributed by atoms with Crippen LogP contribution in [0.4, 0.5) is 0 Å². The summed E-state index contributed by atoms with van der Waals surface area (Å²) in [4.78, 5) is 0. The molecule has 2 nitrogen and oxygen atoms in total. The second-order valence-corrected chi connectivity index (χ2v) is 4.14. The molecule has 16 heavy (non-hydrogen) atoms. The van der Waals surface area contributed by atoms with Crippen molar-refractivity contribution in [3.8, 4) is 18.1 Å². The Bertz CT molecular complexity index is 377. The topological polar surface area (TPSA) is 21.3 Å². The van der Waals surface area contributed by atoms with Gasteiger partial charge in [-0.1, -0.05) is 37.5 Å². The maximum Gasteiger partial charge on any atom is 0.148 e. The zero-order chi connectivity index (χ0) is 12.0. The van der Waals surface area contributed by atoms with Crippen molar-refractivity contribution in [3.05, 3.63) is 29.3 Å². The number of rotatable bonds is 5. The Morgan fingerprint density at radius 3 is 2.81 bits per heavy atom. The molecule has 0 radical (unpaired) electrons. The van der Waals surface area contributed by atoms with Crippen LogP contribution in [0.5, 0.6) is 5.75 Å². The van der Waals surface area contributed by atoms with Crippen molar-refractivity contribution in [2.45, 2.75) is 33.4 Å². The Hall–Kier alpha value is -1.46. The third-order valence-corrected chi connectivity index (χ3v) is 2.23. The van der Waals surface area contributed by atoms with Gasteiger partial charge >= 0.3 is 0 Å². The molecule has 0 atom stereocenters. The number of aryl methyl sites for hydroxylation is 1. The molecule has 0 saturated heterocycles. The van der Waals surface area contributed by atoms with E-state index in [9.17, 15) is 0 Å². The summed E-state index contributed by atoms with van der Waals surface area (Å²) >= 11 is 0. The Morgan fingerprint density at radius 1 is 1.44 bits per heavy atom. The molecule has 0 saturated carbocycles. The largest absolute Gasteiger partial charge is 0.481 e. The van der Waals surface area contributed by atoms with E-state index in [0.717, 1.165) is 17.9 Å². The van der Waals surface area contributed by atoms with Crippen molar-refractivity contribution < 1.29 is 4.74 Å². The summed E-state index contributed by atoms with van der Waals surface area (Å²) in [6, 6.07) is 6.59. The van der Waals surface area contributed by atoms with Crippen LogP contribution in [0, 0.1) is 19.3 Å². The lowest BCUT2D eigenvalue weighted by Gasteiger charge is -2.13. The Morgan fingerprint density at radius 2 is 2.19 bits per heavy atom. The van der Waals surface area contributed by atoms with Crippen LogP contribution < -0.4 is 10.1 Å². The Balaban J connectivity index is 2.77. The minimum Gasteiger partial charge on any atom is -0.481 e. The van der Waals surface area contributed by atoms with Gasteiger partial charge in [0.1, 0.15) is 12.4 Å². The lowest BCUT2D eigenvalue weighted by molar-refractivity contribution is 0.364. The summed E-state index contributed by atoms with van der Waals surface area (Å²) in [5.74, 6) is 3.35. The molecule has 1 N–H and O–H groups in total. The zero-order valence-corrected chi connectivity index (χ0v) is 10.2. The number of ether oxygens (including phenoxy) is 1. The van der Waals surface area contributed by atoms with E-state index in [1.165, 1.54) is 5.56 Å². The minimum absolute atomic E-state index is 0.317. The fourth-order valence-corrected chi connectivity index (χ4v) is 1.42. The van der Waals surface area contributed by atoms with E-state index in [2.05, 4.69) is 38.1 Å². The van der Waals surface area contributed by atoms with Crippen LogP contribution >= 0.6 is 0 Å². The van der Waals surface area contributed by atoms with E-state index in [4.69, 9.17) is 11.2 Å². The molecule has 0 spiro atoms. The summed E-state index contributed by atoms with van der Waals surface area (Å²) in [6.45, 7) is 7.44. The first-order valence-electron chi connectivity index (χ1n) is 5.52. The van der Waals surface area contributed by atoms with Gasteiger partial charge in [-0.2, -0.15) is 0 Å². The zero-order valence-electron chi connectivity index (χ0n) is 10.2. The predicted octanol–water partition coefficient (Wildman–Crippen LogP) is 2.51. The van der Waals surface area contributed by atoms with E-state index < -0.39 is 0 Å². The number of hydrogen-bond acceptors (Lipinski definition) is 2. The van der Waals surface area contributed by atoms with Gasteiger partial charge in [0.25, 0.3) is 0 Å². The minimum atomic E-state index is 0.317. The van der Waals surface area contributed by atoms with Gasteiger partial charge in [-0.25, -0.2) is 0 Å². The van der Waals surface area contributed by atoms with Crippen molar-refractivity contribution in [2.24, 2.45) is 0 Å². The third-order valence-electron chi connectivity index (χ3n) is 2.23. The second-order valence-electron chi connectivity index (χ2n) is 4.14. The molecule has 0 unspecified atom stereocenters. The van der Waals surface area contributed by atoms with Crippen molar-refractivity contribution in [3.63, 3.8) is 0 Å². The van der Waals surface area contributed by atoms with Crippen molar-refractivity contribution in [2.75, 3.05) is 6.61 Å². The number of benzene rings is 1. The second kappa shape index (κ2) is 6.19. The van der Waals surface area contributed by atoms with Crippen molar-refractivity contribution in [1.29, 1.82) is 0 Å². The molecule has 1 rings (SSSR count). The first-order valence-corrected chi connectivity index (χ1v) is 5.52.